The molecule has 0 aliphatic carbocycles. The first-order valence-electron chi connectivity index (χ1n) is 8.76. The summed E-state index contributed by atoms with van der Waals surface area (Å²) in [6.45, 7) is 10.5. The van der Waals surface area contributed by atoms with Gasteiger partial charge in [-0.25, -0.2) is 0 Å². The summed E-state index contributed by atoms with van der Waals surface area (Å²) in [4.78, 5) is 8.54. The predicted molar refractivity (Wildman–Crippen MR) is 111 cm³/mol. The van der Waals surface area contributed by atoms with Gasteiger partial charge in [-0.1, -0.05) is 49.6 Å². The molecule has 2 aromatic rings. The largest absolute Gasteiger partial charge is 0.504 e. The van der Waals surface area contributed by atoms with Crippen LogP contribution in [0.1, 0.15) is 46.6 Å². The zero-order valence-electron chi connectivity index (χ0n) is 16.2. The molecule has 4 nitrogen and oxygen atoms in total. The normalized spacial score (nSPS) is 12.0. The van der Waals surface area contributed by atoms with Gasteiger partial charge in [-0.2, -0.15) is 0 Å². The molecule has 1 heterocycles. The minimum absolute atomic E-state index is 0.0379. The van der Waals surface area contributed by atoms with Crippen LogP contribution in [-0.4, -0.2) is 15.1 Å². The second-order valence-corrected chi connectivity index (χ2v) is 6.47. The van der Waals surface area contributed by atoms with Gasteiger partial charge < -0.3 is 10.4 Å². The van der Waals surface area contributed by atoms with Crippen LogP contribution in [0.4, 0.5) is 0 Å². The number of allylic oxidation sites excluding steroid dienone is 4. The third kappa shape index (κ3) is 6.89. The first-order chi connectivity index (χ1) is 12.4. The standard InChI is InChI=1S/C18H20ClN3O.C3H8/c1-4-15(18(23)14(19)9-12(2)3)22-11-13-5-6-16-17(10-13)21-8-7-20-16;1-3-2/h4-10,22-23H,11H2,1-3H3;3H2,1-2H3/b15-4+,18-14-;. The van der Waals surface area contributed by atoms with Crippen molar-refractivity contribution in [3.63, 3.8) is 0 Å². The van der Waals surface area contributed by atoms with Crippen molar-refractivity contribution in [2.24, 2.45) is 0 Å². The summed E-state index contributed by atoms with van der Waals surface area (Å²) in [7, 11) is 0. The van der Waals surface area contributed by atoms with Gasteiger partial charge in [0.15, 0.2) is 5.76 Å². The third-order valence-electron chi connectivity index (χ3n) is 3.20. The molecule has 0 saturated heterocycles. The van der Waals surface area contributed by atoms with Crippen molar-refractivity contribution in [3.8, 4) is 0 Å². The van der Waals surface area contributed by atoms with Gasteiger partial charge in [-0.3, -0.25) is 9.97 Å². The van der Waals surface area contributed by atoms with Crippen LogP contribution in [0.5, 0.6) is 0 Å². The van der Waals surface area contributed by atoms with Crippen molar-refractivity contribution in [3.05, 3.63) is 70.4 Å². The zero-order valence-corrected chi connectivity index (χ0v) is 16.9. The van der Waals surface area contributed by atoms with Crippen molar-refractivity contribution in [2.75, 3.05) is 0 Å². The van der Waals surface area contributed by atoms with Crippen molar-refractivity contribution in [2.45, 2.75) is 47.6 Å². The number of aliphatic hydroxyl groups is 1. The highest BCUT2D eigenvalue weighted by Crippen LogP contribution is 2.18. The van der Waals surface area contributed by atoms with Gasteiger partial charge in [0.25, 0.3) is 0 Å². The van der Waals surface area contributed by atoms with Crippen LogP contribution in [0.3, 0.4) is 0 Å². The average molecular weight is 374 g/mol. The number of rotatable bonds is 5. The summed E-state index contributed by atoms with van der Waals surface area (Å²) >= 11 is 6.11. The molecule has 2 rings (SSSR count). The maximum atomic E-state index is 10.2. The Hall–Kier alpha value is -2.33. The molecule has 0 saturated carbocycles. The molecule has 140 valence electrons. The topological polar surface area (TPSA) is 58.0 Å². The molecule has 0 fully saturated rings. The Kier molecular flexibility index (Phi) is 9.45. The number of aliphatic hydroxyl groups excluding tert-OH is 1. The van der Waals surface area contributed by atoms with E-state index in [0.29, 0.717) is 17.3 Å². The summed E-state index contributed by atoms with van der Waals surface area (Å²) < 4.78 is 0. The monoisotopic (exact) mass is 373 g/mol. The summed E-state index contributed by atoms with van der Waals surface area (Å²) in [5.41, 5.74) is 4.35. The molecule has 26 heavy (non-hydrogen) atoms. The third-order valence-corrected chi connectivity index (χ3v) is 3.49. The number of nitrogens with one attached hydrogen (secondary N) is 1. The Morgan fingerprint density at radius 3 is 2.35 bits per heavy atom. The Balaban J connectivity index is 0.00000105. The maximum Gasteiger partial charge on any atom is 0.157 e. The van der Waals surface area contributed by atoms with Gasteiger partial charge in [0, 0.05) is 18.9 Å². The lowest BCUT2D eigenvalue weighted by Crippen LogP contribution is -2.15. The van der Waals surface area contributed by atoms with E-state index in [9.17, 15) is 5.11 Å². The van der Waals surface area contributed by atoms with E-state index >= 15 is 0 Å². The SMILES string of the molecule is C/C=C(NCc1ccc2nccnc2c1)\C(O)=C(\Cl)C=C(C)C.CCC. The van der Waals surface area contributed by atoms with E-state index < -0.39 is 0 Å². The highest BCUT2D eigenvalue weighted by atomic mass is 35.5. The fourth-order valence-electron chi connectivity index (χ4n) is 2.09. The van der Waals surface area contributed by atoms with Gasteiger partial charge in [-0.15, -0.1) is 0 Å². The predicted octanol–water partition coefficient (Wildman–Crippen LogP) is 6.01. The molecule has 0 bridgehead atoms. The van der Waals surface area contributed by atoms with Gasteiger partial charge >= 0.3 is 0 Å². The average Bonchev–Trinajstić information content (AvgIpc) is 2.62. The van der Waals surface area contributed by atoms with Crippen molar-refractivity contribution in [1.82, 2.24) is 15.3 Å². The minimum Gasteiger partial charge on any atom is -0.504 e. The lowest BCUT2D eigenvalue weighted by atomic mass is 10.2. The number of hydrogen-bond acceptors (Lipinski definition) is 4. The summed E-state index contributed by atoms with van der Waals surface area (Å²) in [5.74, 6) is 0.0379. The van der Waals surface area contributed by atoms with E-state index in [1.807, 2.05) is 39.0 Å². The Bertz CT molecular complexity index is 806. The number of nitrogens with zero attached hydrogens (tertiary/aromatic N) is 2. The van der Waals surface area contributed by atoms with Gasteiger partial charge in [0.1, 0.15) is 0 Å². The van der Waals surface area contributed by atoms with Crippen LogP contribution < -0.4 is 5.32 Å². The quantitative estimate of drug-likeness (QED) is 0.497. The van der Waals surface area contributed by atoms with Crippen molar-refractivity contribution < 1.29 is 5.11 Å². The summed E-state index contributed by atoms with van der Waals surface area (Å²) in [6, 6.07) is 5.89. The molecule has 0 radical (unpaired) electrons. The Morgan fingerprint density at radius 2 is 1.77 bits per heavy atom. The van der Waals surface area contributed by atoms with Crippen molar-refractivity contribution >= 4 is 22.6 Å². The number of benzene rings is 1. The van der Waals surface area contributed by atoms with Crippen LogP contribution >= 0.6 is 11.6 Å². The fraction of sp³-hybridized carbons (Fsp3) is 0.333. The molecule has 1 aromatic carbocycles. The fourth-order valence-corrected chi connectivity index (χ4v) is 2.41. The van der Waals surface area contributed by atoms with Crippen molar-refractivity contribution in [1.29, 1.82) is 0 Å². The van der Waals surface area contributed by atoms with Gasteiger partial charge in [-0.05, 0) is 44.5 Å². The van der Waals surface area contributed by atoms with Gasteiger partial charge in [0.2, 0.25) is 0 Å². The highest BCUT2D eigenvalue weighted by Gasteiger charge is 2.07. The number of fused-ring (bicyclic) bond motifs is 1. The highest BCUT2D eigenvalue weighted by molar-refractivity contribution is 6.31. The molecular weight excluding hydrogens is 346 g/mol. The van der Waals surface area contributed by atoms with Crippen LogP contribution in [0.2, 0.25) is 0 Å². The van der Waals surface area contributed by atoms with Gasteiger partial charge in [0.05, 0.1) is 21.8 Å². The summed E-state index contributed by atoms with van der Waals surface area (Å²) in [5, 5.41) is 13.7. The van der Waals surface area contributed by atoms with E-state index in [1.165, 1.54) is 6.42 Å². The Labute approximate surface area is 161 Å². The summed E-state index contributed by atoms with van der Waals surface area (Å²) in [6.07, 6.45) is 8.11. The molecule has 0 spiro atoms. The van der Waals surface area contributed by atoms with E-state index in [-0.39, 0.29) is 5.76 Å². The lowest BCUT2D eigenvalue weighted by Gasteiger charge is -2.11. The molecule has 0 atom stereocenters. The number of hydrogen-bond donors (Lipinski definition) is 2. The minimum atomic E-state index is 0.0379. The second kappa shape index (κ2) is 11.3. The molecule has 5 heteroatoms. The molecule has 2 N–H and O–H groups in total. The molecule has 0 unspecified atom stereocenters. The first-order valence-corrected chi connectivity index (χ1v) is 9.14. The number of aromatic nitrogens is 2. The van der Waals surface area contributed by atoms with Crippen LogP contribution in [0.25, 0.3) is 11.0 Å². The van der Waals surface area contributed by atoms with E-state index in [0.717, 1.165) is 22.2 Å². The molecule has 0 aliphatic heterocycles. The maximum absolute atomic E-state index is 10.2. The van der Waals surface area contributed by atoms with E-state index in [1.54, 1.807) is 24.5 Å². The lowest BCUT2D eigenvalue weighted by molar-refractivity contribution is 0.411. The van der Waals surface area contributed by atoms with Crippen LogP contribution in [0.15, 0.2) is 64.8 Å². The second-order valence-electron chi connectivity index (χ2n) is 6.06. The first kappa shape index (κ1) is 21.7. The van der Waals surface area contributed by atoms with E-state index in [4.69, 9.17) is 11.6 Å². The zero-order chi connectivity index (χ0) is 19.5. The molecular formula is C21H28ClN3O. The van der Waals surface area contributed by atoms with E-state index in [2.05, 4.69) is 29.1 Å². The molecule has 1 aromatic heterocycles. The van der Waals surface area contributed by atoms with Crippen LogP contribution in [0, 0.1) is 0 Å². The molecule has 0 amide bonds. The smallest absolute Gasteiger partial charge is 0.157 e. The van der Waals surface area contributed by atoms with Crippen LogP contribution in [-0.2, 0) is 6.54 Å². The molecule has 0 aliphatic rings. The Morgan fingerprint density at radius 1 is 1.15 bits per heavy atom. The number of halogens is 1.